The number of hydrogen-bond acceptors (Lipinski definition) is 4. The summed E-state index contributed by atoms with van der Waals surface area (Å²) in [6.07, 6.45) is 5.52. The average Bonchev–Trinajstić information content (AvgIpc) is 2.41. The van der Waals surface area contributed by atoms with Crippen LogP contribution in [0, 0.1) is 0 Å². The Balaban J connectivity index is 2.83. The highest BCUT2D eigenvalue weighted by Gasteiger charge is 2.09. The molecule has 0 unspecified atom stereocenters. The maximum Gasteiger partial charge on any atom is 0.328 e. The normalized spacial score (nSPS) is 11.2. The van der Waals surface area contributed by atoms with Gasteiger partial charge in [0.15, 0.2) is 0 Å². The van der Waals surface area contributed by atoms with E-state index in [-0.39, 0.29) is 0 Å². The predicted molar refractivity (Wildman–Crippen MR) is 82.0 cm³/mol. The third-order valence-corrected chi connectivity index (χ3v) is 2.94. The quantitative estimate of drug-likeness (QED) is 0.736. The van der Waals surface area contributed by atoms with Crippen LogP contribution >= 0.6 is 0 Å². The highest BCUT2D eigenvalue weighted by atomic mass is 16.4. The van der Waals surface area contributed by atoms with Crippen molar-refractivity contribution in [1.29, 1.82) is 0 Å². The molecule has 0 aliphatic heterocycles. The van der Waals surface area contributed by atoms with Gasteiger partial charge < -0.3 is 14.9 Å². The Morgan fingerprint density at radius 2 is 2.15 bits per heavy atom. The van der Waals surface area contributed by atoms with E-state index in [1.54, 1.807) is 12.3 Å². The zero-order valence-electron chi connectivity index (χ0n) is 12.4. The Morgan fingerprint density at radius 3 is 2.75 bits per heavy atom. The van der Waals surface area contributed by atoms with Crippen LogP contribution in [0.15, 0.2) is 24.4 Å². The summed E-state index contributed by atoms with van der Waals surface area (Å²) in [5.74, 6) is -0.110. The van der Waals surface area contributed by atoms with E-state index in [1.807, 2.05) is 12.1 Å². The van der Waals surface area contributed by atoms with Crippen molar-refractivity contribution in [2.45, 2.75) is 13.3 Å². The third-order valence-electron chi connectivity index (χ3n) is 2.94. The van der Waals surface area contributed by atoms with Gasteiger partial charge in [0.25, 0.3) is 0 Å². The summed E-state index contributed by atoms with van der Waals surface area (Å²) in [5, 5.41) is 8.74. The summed E-state index contributed by atoms with van der Waals surface area (Å²) in [4.78, 5) is 19.4. The SMILES string of the molecule is CCN(CCCN(C)C)c1ncccc1/C=C/C(=O)O. The average molecular weight is 277 g/mol. The number of hydrogen-bond donors (Lipinski definition) is 1. The molecule has 1 heterocycles. The van der Waals surface area contributed by atoms with E-state index in [4.69, 9.17) is 5.11 Å². The maximum absolute atomic E-state index is 10.6. The van der Waals surface area contributed by atoms with Crippen LogP contribution in [-0.2, 0) is 4.79 Å². The second-order valence-electron chi connectivity index (χ2n) is 4.82. The number of anilines is 1. The molecule has 0 aromatic carbocycles. The summed E-state index contributed by atoms with van der Waals surface area (Å²) in [5.41, 5.74) is 0.835. The van der Waals surface area contributed by atoms with Crippen molar-refractivity contribution in [3.8, 4) is 0 Å². The van der Waals surface area contributed by atoms with Gasteiger partial charge in [-0.25, -0.2) is 9.78 Å². The highest BCUT2D eigenvalue weighted by molar-refractivity contribution is 5.86. The van der Waals surface area contributed by atoms with Crippen molar-refractivity contribution in [2.24, 2.45) is 0 Å². The monoisotopic (exact) mass is 277 g/mol. The molecule has 110 valence electrons. The second kappa shape index (κ2) is 8.32. The number of pyridine rings is 1. The van der Waals surface area contributed by atoms with Gasteiger partial charge in [-0.05, 0) is 52.2 Å². The first-order valence-electron chi connectivity index (χ1n) is 6.80. The largest absolute Gasteiger partial charge is 0.478 e. The molecule has 0 aliphatic carbocycles. The van der Waals surface area contributed by atoms with Crippen molar-refractivity contribution < 1.29 is 9.90 Å². The fourth-order valence-electron chi connectivity index (χ4n) is 1.96. The first kappa shape index (κ1) is 16.2. The Bertz CT molecular complexity index is 458. The van der Waals surface area contributed by atoms with Gasteiger partial charge in [0.05, 0.1) is 0 Å². The highest BCUT2D eigenvalue weighted by Crippen LogP contribution is 2.18. The molecule has 0 aliphatic rings. The fourth-order valence-corrected chi connectivity index (χ4v) is 1.96. The molecule has 0 fully saturated rings. The fraction of sp³-hybridized carbons (Fsp3) is 0.467. The van der Waals surface area contributed by atoms with E-state index < -0.39 is 5.97 Å². The van der Waals surface area contributed by atoms with Crippen molar-refractivity contribution in [2.75, 3.05) is 38.6 Å². The number of rotatable bonds is 8. The first-order chi connectivity index (χ1) is 9.54. The minimum atomic E-state index is -0.949. The number of carbonyl (C=O) groups is 1. The molecular weight excluding hydrogens is 254 g/mol. The lowest BCUT2D eigenvalue weighted by atomic mass is 10.2. The second-order valence-corrected chi connectivity index (χ2v) is 4.82. The van der Waals surface area contributed by atoms with E-state index >= 15 is 0 Å². The Kier molecular flexibility index (Phi) is 6.73. The molecule has 0 radical (unpaired) electrons. The molecule has 1 rings (SSSR count). The molecule has 5 heteroatoms. The summed E-state index contributed by atoms with van der Waals surface area (Å²) < 4.78 is 0. The van der Waals surface area contributed by atoms with Gasteiger partial charge in [-0.2, -0.15) is 0 Å². The molecule has 0 bridgehead atoms. The molecule has 0 saturated heterocycles. The van der Waals surface area contributed by atoms with Crippen LogP contribution in [0.4, 0.5) is 5.82 Å². The van der Waals surface area contributed by atoms with E-state index in [0.29, 0.717) is 0 Å². The standard InChI is InChI=1S/C15H23N3O2/c1-4-18(12-6-11-17(2)3)15-13(7-5-10-16-15)8-9-14(19)20/h5,7-10H,4,6,11-12H2,1-3H3,(H,19,20)/b9-8+. The van der Waals surface area contributed by atoms with Crippen molar-refractivity contribution in [1.82, 2.24) is 9.88 Å². The number of carboxylic acid groups (broad SMARTS) is 1. The lowest BCUT2D eigenvalue weighted by Crippen LogP contribution is -2.28. The van der Waals surface area contributed by atoms with Crippen LogP contribution < -0.4 is 4.90 Å². The van der Waals surface area contributed by atoms with E-state index in [9.17, 15) is 4.79 Å². The lowest BCUT2D eigenvalue weighted by Gasteiger charge is -2.24. The van der Waals surface area contributed by atoms with Crippen LogP contribution in [0.3, 0.4) is 0 Å². The summed E-state index contributed by atoms with van der Waals surface area (Å²) in [7, 11) is 4.11. The topological polar surface area (TPSA) is 56.7 Å². The molecule has 0 atom stereocenters. The molecule has 5 nitrogen and oxygen atoms in total. The summed E-state index contributed by atoms with van der Waals surface area (Å²) in [6, 6.07) is 3.70. The van der Waals surface area contributed by atoms with Crippen molar-refractivity contribution in [3.05, 3.63) is 30.0 Å². The Morgan fingerprint density at radius 1 is 1.40 bits per heavy atom. The summed E-state index contributed by atoms with van der Waals surface area (Å²) in [6.45, 7) is 4.84. The van der Waals surface area contributed by atoms with Gasteiger partial charge in [-0.3, -0.25) is 0 Å². The van der Waals surface area contributed by atoms with Crippen molar-refractivity contribution >= 4 is 17.9 Å². The minimum absolute atomic E-state index is 0.835. The molecule has 0 spiro atoms. The first-order valence-corrected chi connectivity index (χ1v) is 6.80. The molecular formula is C15H23N3O2. The number of aliphatic carboxylic acids is 1. The van der Waals surface area contributed by atoms with Crippen LogP contribution in [0.1, 0.15) is 18.9 Å². The zero-order valence-corrected chi connectivity index (χ0v) is 12.4. The molecule has 20 heavy (non-hydrogen) atoms. The van der Waals surface area contributed by atoms with Crippen LogP contribution in [0.5, 0.6) is 0 Å². The smallest absolute Gasteiger partial charge is 0.328 e. The predicted octanol–water partition coefficient (Wildman–Crippen LogP) is 1.96. The maximum atomic E-state index is 10.6. The number of nitrogens with zero attached hydrogens (tertiary/aromatic N) is 3. The van der Waals surface area contributed by atoms with Gasteiger partial charge in [0, 0.05) is 30.9 Å². The lowest BCUT2D eigenvalue weighted by molar-refractivity contribution is -0.131. The van der Waals surface area contributed by atoms with Crippen molar-refractivity contribution in [3.63, 3.8) is 0 Å². The summed E-state index contributed by atoms with van der Waals surface area (Å²) >= 11 is 0. The third kappa shape index (κ3) is 5.40. The van der Waals surface area contributed by atoms with E-state index in [1.165, 1.54) is 0 Å². The number of aromatic nitrogens is 1. The van der Waals surface area contributed by atoms with Crippen LogP contribution in [-0.4, -0.2) is 54.7 Å². The molecule has 1 aromatic rings. The van der Waals surface area contributed by atoms with Gasteiger partial charge in [-0.1, -0.05) is 0 Å². The van der Waals surface area contributed by atoms with Gasteiger partial charge in [0.1, 0.15) is 5.82 Å². The molecule has 1 N–H and O–H groups in total. The van der Waals surface area contributed by atoms with Gasteiger partial charge in [0.2, 0.25) is 0 Å². The van der Waals surface area contributed by atoms with E-state index in [0.717, 1.165) is 43.5 Å². The zero-order chi connectivity index (χ0) is 15.0. The van der Waals surface area contributed by atoms with E-state index in [2.05, 4.69) is 35.8 Å². The molecule has 0 amide bonds. The minimum Gasteiger partial charge on any atom is -0.478 e. The van der Waals surface area contributed by atoms with Crippen LogP contribution in [0.2, 0.25) is 0 Å². The van der Waals surface area contributed by atoms with Crippen LogP contribution in [0.25, 0.3) is 6.08 Å². The Labute approximate surface area is 120 Å². The molecule has 0 saturated carbocycles. The van der Waals surface area contributed by atoms with Gasteiger partial charge >= 0.3 is 5.97 Å². The van der Waals surface area contributed by atoms with Gasteiger partial charge in [-0.15, -0.1) is 0 Å². The Hall–Kier alpha value is -1.88. The number of carboxylic acids is 1. The molecule has 1 aromatic heterocycles.